The molecule has 0 spiro atoms. The normalized spacial score (nSPS) is 22.1. The fraction of sp³-hybridized carbons (Fsp3) is 0.692. The molecule has 0 aromatic heterocycles. The summed E-state index contributed by atoms with van der Waals surface area (Å²) in [5, 5.41) is 3.49. The van der Waals surface area contributed by atoms with Crippen LogP contribution in [0.25, 0.3) is 0 Å². The zero-order valence-corrected chi connectivity index (χ0v) is 10.6. The van der Waals surface area contributed by atoms with Gasteiger partial charge in [0.2, 0.25) is 0 Å². The Bertz CT molecular complexity index is 271. The Hall–Kier alpha value is -0.760. The molecule has 86 valence electrons. The Balaban J connectivity index is 2.69. The largest absolute Gasteiger partial charge is 0.500 e. The van der Waals surface area contributed by atoms with E-state index in [2.05, 4.69) is 45.2 Å². The molecular weight excluding hydrogens is 186 g/mol. The minimum Gasteiger partial charge on any atom is -0.500 e. The summed E-state index contributed by atoms with van der Waals surface area (Å²) in [7, 11) is 1.77. The minimum atomic E-state index is 0.153. The van der Waals surface area contributed by atoms with Gasteiger partial charge < -0.3 is 10.1 Å². The van der Waals surface area contributed by atoms with Gasteiger partial charge in [-0.05, 0) is 27.2 Å². The van der Waals surface area contributed by atoms with Crippen LogP contribution in [0.1, 0.15) is 34.1 Å². The molecule has 0 aromatic rings. The third-order valence-electron chi connectivity index (χ3n) is 2.60. The number of rotatable bonds is 3. The van der Waals surface area contributed by atoms with E-state index in [0.717, 1.165) is 18.7 Å². The van der Waals surface area contributed by atoms with Crippen LogP contribution in [0.3, 0.4) is 0 Å². The van der Waals surface area contributed by atoms with E-state index in [4.69, 9.17) is 4.74 Å². The van der Waals surface area contributed by atoms with Crippen LogP contribution < -0.4 is 5.32 Å². The monoisotopic (exact) mass is 209 g/mol. The second-order valence-corrected chi connectivity index (χ2v) is 5.24. The lowest BCUT2D eigenvalue weighted by atomic mass is 9.95. The van der Waals surface area contributed by atoms with Crippen LogP contribution in [-0.2, 0) is 4.74 Å². The predicted molar refractivity (Wildman–Crippen MR) is 64.7 cm³/mol. The van der Waals surface area contributed by atoms with Gasteiger partial charge in [0.05, 0.1) is 7.11 Å². The molecule has 0 bridgehead atoms. The highest BCUT2D eigenvalue weighted by atomic mass is 16.5. The number of hydrogen-bond acceptors (Lipinski definition) is 2. The lowest BCUT2D eigenvalue weighted by Gasteiger charge is -2.25. The lowest BCUT2D eigenvalue weighted by Crippen LogP contribution is -2.37. The summed E-state index contributed by atoms with van der Waals surface area (Å²) in [6, 6.07) is 0. The van der Waals surface area contributed by atoms with Crippen molar-refractivity contribution >= 4 is 0 Å². The van der Waals surface area contributed by atoms with E-state index in [9.17, 15) is 0 Å². The van der Waals surface area contributed by atoms with Gasteiger partial charge in [-0.25, -0.2) is 0 Å². The van der Waals surface area contributed by atoms with Crippen molar-refractivity contribution in [3.63, 3.8) is 0 Å². The summed E-state index contributed by atoms with van der Waals surface area (Å²) in [6.07, 6.45) is 5.49. The lowest BCUT2D eigenvalue weighted by molar-refractivity contribution is 0.240. The van der Waals surface area contributed by atoms with E-state index in [0.29, 0.717) is 5.92 Å². The Labute approximate surface area is 93.4 Å². The van der Waals surface area contributed by atoms with Gasteiger partial charge in [0.1, 0.15) is 5.76 Å². The minimum absolute atomic E-state index is 0.153. The molecule has 1 rings (SSSR count). The second kappa shape index (κ2) is 4.84. The van der Waals surface area contributed by atoms with Crippen LogP contribution in [0, 0.1) is 5.92 Å². The van der Waals surface area contributed by atoms with E-state index >= 15 is 0 Å². The molecule has 1 aliphatic carbocycles. The Morgan fingerprint density at radius 2 is 2.13 bits per heavy atom. The van der Waals surface area contributed by atoms with Crippen molar-refractivity contribution in [3.8, 4) is 0 Å². The van der Waals surface area contributed by atoms with Crippen LogP contribution in [0.2, 0.25) is 0 Å². The first kappa shape index (κ1) is 12.3. The van der Waals surface area contributed by atoms with Gasteiger partial charge in [0.25, 0.3) is 0 Å². The quantitative estimate of drug-likeness (QED) is 0.771. The summed E-state index contributed by atoms with van der Waals surface area (Å²) >= 11 is 0. The standard InChI is InChI=1S/C13H23NO/c1-10-7-6-8-11(12(10)15-5)9-14-13(2,3)4/h6,8,10,14H,7,9H2,1-5H3. The highest BCUT2D eigenvalue weighted by Crippen LogP contribution is 2.25. The predicted octanol–water partition coefficient (Wildman–Crippen LogP) is 2.87. The van der Waals surface area contributed by atoms with Crippen molar-refractivity contribution < 1.29 is 4.74 Å². The molecule has 0 aromatic carbocycles. The van der Waals surface area contributed by atoms with E-state index in [1.54, 1.807) is 7.11 Å². The Kier molecular flexibility index (Phi) is 3.97. The number of ether oxygens (including phenoxy) is 1. The van der Waals surface area contributed by atoms with Gasteiger partial charge >= 0.3 is 0 Å². The maximum atomic E-state index is 5.47. The molecule has 2 heteroatoms. The molecule has 0 aliphatic heterocycles. The van der Waals surface area contributed by atoms with Gasteiger partial charge in [0, 0.05) is 23.6 Å². The summed E-state index contributed by atoms with van der Waals surface area (Å²) in [5.74, 6) is 1.64. The molecule has 0 amide bonds. The van der Waals surface area contributed by atoms with Gasteiger partial charge in [0.15, 0.2) is 0 Å². The van der Waals surface area contributed by atoms with Crippen molar-refractivity contribution in [1.29, 1.82) is 0 Å². The van der Waals surface area contributed by atoms with Crippen molar-refractivity contribution in [2.75, 3.05) is 13.7 Å². The fourth-order valence-electron chi connectivity index (χ4n) is 1.76. The highest BCUT2D eigenvalue weighted by molar-refractivity contribution is 5.29. The highest BCUT2D eigenvalue weighted by Gasteiger charge is 2.18. The van der Waals surface area contributed by atoms with Crippen molar-refractivity contribution in [1.82, 2.24) is 5.32 Å². The SMILES string of the molecule is COC1=C(CNC(C)(C)C)C=CCC1C. The molecule has 1 N–H and O–H groups in total. The molecule has 2 nitrogen and oxygen atoms in total. The van der Waals surface area contributed by atoms with Crippen LogP contribution in [0.4, 0.5) is 0 Å². The molecule has 0 heterocycles. The third kappa shape index (κ3) is 3.71. The van der Waals surface area contributed by atoms with Gasteiger partial charge in [-0.3, -0.25) is 0 Å². The summed E-state index contributed by atoms with van der Waals surface area (Å²) in [6.45, 7) is 9.62. The molecule has 0 saturated heterocycles. The van der Waals surface area contributed by atoms with Crippen molar-refractivity contribution in [2.45, 2.75) is 39.7 Å². The molecule has 0 fully saturated rings. The maximum Gasteiger partial charge on any atom is 0.103 e. The van der Waals surface area contributed by atoms with Crippen LogP contribution >= 0.6 is 0 Å². The number of nitrogens with one attached hydrogen (secondary N) is 1. The third-order valence-corrected chi connectivity index (χ3v) is 2.60. The van der Waals surface area contributed by atoms with E-state index in [1.165, 1.54) is 5.57 Å². The molecule has 1 atom stereocenters. The Morgan fingerprint density at radius 3 is 2.67 bits per heavy atom. The molecule has 0 radical (unpaired) electrons. The van der Waals surface area contributed by atoms with Gasteiger partial charge in [-0.15, -0.1) is 0 Å². The fourth-order valence-corrected chi connectivity index (χ4v) is 1.76. The summed E-state index contributed by atoms with van der Waals surface area (Å²) in [5.41, 5.74) is 1.44. The van der Waals surface area contributed by atoms with Crippen LogP contribution in [0.5, 0.6) is 0 Å². The summed E-state index contributed by atoms with van der Waals surface area (Å²) < 4.78 is 5.47. The Morgan fingerprint density at radius 1 is 1.47 bits per heavy atom. The van der Waals surface area contributed by atoms with Crippen LogP contribution in [-0.4, -0.2) is 19.2 Å². The van der Waals surface area contributed by atoms with Gasteiger partial charge in [-0.1, -0.05) is 19.1 Å². The van der Waals surface area contributed by atoms with Crippen LogP contribution in [0.15, 0.2) is 23.5 Å². The number of allylic oxidation sites excluding steroid dienone is 2. The first-order chi connectivity index (χ1) is 6.94. The van der Waals surface area contributed by atoms with E-state index < -0.39 is 0 Å². The van der Waals surface area contributed by atoms with E-state index in [-0.39, 0.29) is 5.54 Å². The van der Waals surface area contributed by atoms with E-state index in [1.807, 2.05) is 0 Å². The van der Waals surface area contributed by atoms with Crippen molar-refractivity contribution in [3.05, 3.63) is 23.5 Å². The second-order valence-electron chi connectivity index (χ2n) is 5.24. The molecule has 1 unspecified atom stereocenters. The number of methoxy groups -OCH3 is 1. The molecular formula is C13H23NO. The average molecular weight is 209 g/mol. The van der Waals surface area contributed by atoms with Crippen molar-refractivity contribution in [2.24, 2.45) is 5.92 Å². The number of hydrogen-bond donors (Lipinski definition) is 1. The average Bonchev–Trinajstić information content (AvgIpc) is 2.13. The smallest absolute Gasteiger partial charge is 0.103 e. The maximum absolute atomic E-state index is 5.47. The zero-order chi connectivity index (χ0) is 11.5. The molecule has 0 saturated carbocycles. The first-order valence-corrected chi connectivity index (χ1v) is 5.62. The first-order valence-electron chi connectivity index (χ1n) is 5.62. The topological polar surface area (TPSA) is 21.3 Å². The molecule has 15 heavy (non-hydrogen) atoms. The molecule has 1 aliphatic rings. The summed E-state index contributed by atoms with van der Waals surface area (Å²) in [4.78, 5) is 0. The van der Waals surface area contributed by atoms with Gasteiger partial charge in [-0.2, -0.15) is 0 Å². The zero-order valence-electron chi connectivity index (χ0n) is 10.6.